The Morgan fingerprint density at radius 1 is 0.842 bits per heavy atom. The summed E-state index contributed by atoms with van der Waals surface area (Å²) >= 11 is 0. The molecule has 0 heterocycles. The monoisotopic (exact) mass is 246 g/mol. The zero-order valence-corrected chi connectivity index (χ0v) is 11.5. The van der Waals surface area contributed by atoms with Crippen LogP contribution in [0.2, 0.25) is 0 Å². The first-order valence-electron chi connectivity index (χ1n) is 7.19. The lowest BCUT2D eigenvalue weighted by molar-refractivity contribution is 0.747. The topological polar surface area (TPSA) is 0 Å². The Hall–Kier alpha value is -1.82. The van der Waals surface area contributed by atoms with Crippen molar-refractivity contribution in [3.63, 3.8) is 0 Å². The van der Waals surface area contributed by atoms with Crippen molar-refractivity contribution < 1.29 is 0 Å². The van der Waals surface area contributed by atoms with E-state index in [4.69, 9.17) is 0 Å². The van der Waals surface area contributed by atoms with Gasteiger partial charge in [0.1, 0.15) is 0 Å². The Morgan fingerprint density at radius 3 is 2.47 bits per heavy atom. The number of hydrogen-bond acceptors (Lipinski definition) is 0. The Bertz CT molecular complexity index is 796. The van der Waals surface area contributed by atoms with Gasteiger partial charge < -0.3 is 0 Å². The molecule has 0 spiro atoms. The summed E-state index contributed by atoms with van der Waals surface area (Å²) in [4.78, 5) is 0. The summed E-state index contributed by atoms with van der Waals surface area (Å²) < 4.78 is 0. The molecular weight excluding hydrogens is 228 g/mol. The lowest BCUT2D eigenvalue weighted by Crippen LogP contribution is -1.89. The van der Waals surface area contributed by atoms with E-state index in [9.17, 15) is 0 Å². The molecule has 94 valence electrons. The highest BCUT2D eigenvalue weighted by Crippen LogP contribution is 2.39. The molecule has 0 nitrogen and oxygen atoms in total. The summed E-state index contributed by atoms with van der Waals surface area (Å²) in [6, 6.07) is 16.0. The molecule has 19 heavy (non-hydrogen) atoms. The van der Waals surface area contributed by atoms with Crippen molar-refractivity contribution in [3.05, 3.63) is 59.2 Å². The molecule has 0 saturated heterocycles. The highest BCUT2D eigenvalue weighted by molar-refractivity contribution is 6.09. The van der Waals surface area contributed by atoms with Crippen LogP contribution in [-0.4, -0.2) is 0 Å². The van der Waals surface area contributed by atoms with E-state index >= 15 is 0 Å². The van der Waals surface area contributed by atoms with Crippen molar-refractivity contribution in [1.29, 1.82) is 0 Å². The second-order valence-electron chi connectivity index (χ2n) is 5.90. The van der Waals surface area contributed by atoms with Crippen molar-refractivity contribution in [2.75, 3.05) is 0 Å². The highest BCUT2D eigenvalue weighted by atomic mass is 14.2. The van der Waals surface area contributed by atoms with E-state index in [0.717, 1.165) is 5.92 Å². The third kappa shape index (κ3) is 1.46. The fourth-order valence-electron chi connectivity index (χ4n) is 3.67. The Balaban J connectivity index is 2.17. The molecule has 1 aliphatic rings. The summed E-state index contributed by atoms with van der Waals surface area (Å²) in [5.74, 6) is 0.729. The standard InChI is InChI=1S/C19H18/c1-12-4-3-5-16-14(12)8-11-19-17-7-6-13(2)15(17)9-10-18(16)19/h3-5,8-11,13H,6-7H2,1-2H3. The van der Waals surface area contributed by atoms with Crippen LogP contribution in [-0.2, 0) is 6.42 Å². The first-order chi connectivity index (χ1) is 9.25. The molecule has 0 heteroatoms. The van der Waals surface area contributed by atoms with E-state index in [1.165, 1.54) is 39.9 Å². The van der Waals surface area contributed by atoms with E-state index in [2.05, 4.69) is 56.3 Å². The molecule has 0 radical (unpaired) electrons. The van der Waals surface area contributed by atoms with Gasteiger partial charge in [-0.3, -0.25) is 0 Å². The number of aryl methyl sites for hydroxylation is 2. The van der Waals surface area contributed by atoms with Gasteiger partial charge in [-0.25, -0.2) is 0 Å². The van der Waals surface area contributed by atoms with Crippen molar-refractivity contribution >= 4 is 21.5 Å². The van der Waals surface area contributed by atoms with E-state index in [1.807, 2.05) is 0 Å². The van der Waals surface area contributed by atoms with E-state index in [0.29, 0.717) is 0 Å². The van der Waals surface area contributed by atoms with Gasteiger partial charge in [0.2, 0.25) is 0 Å². The molecular formula is C19H18. The van der Waals surface area contributed by atoms with Crippen molar-refractivity contribution in [3.8, 4) is 0 Å². The minimum absolute atomic E-state index is 0.729. The average molecular weight is 246 g/mol. The van der Waals surface area contributed by atoms with Gasteiger partial charge in [0.05, 0.1) is 0 Å². The molecule has 4 rings (SSSR count). The predicted octanol–water partition coefficient (Wildman–Crippen LogP) is 5.35. The third-order valence-corrected chi connectivity index (χ3v) is 4.78. The summed E-state index contributed by atoms with van der Waals surface area (Å²) in [6.45, 7) is 4.55. The predicted molar refractivity (Wildman–Crippen MR) is 82.9 cm³/mol. The number of hydrogen-bond donors (Lipinski definition) is 0. The van der Waals surface area contributed by atoms with Gasteiger partial charge >= 0.3 is 0 Å². The fourth-order valence-corrected chi connectivity index (χ4v) is 3.67. The molecule has 0 N–H and O–H groups in total. The Morgan fingerprint density at radius 2 is 1.58 bits per heavy atom. The maximum atomic E-state index is 2.36. The molecule has 0 amide bonds. The van der Waals surface area contributed by atoms with Crippen LogP contribution in [0.1, 0.15) is 36.0 Å². The summed E-state index contributed by atoms with van der Waals surface area (Å²) in [5.41, 5.74) is 4.53. The van der Waals surface area contributed by atoms with Crippen molar-refractivity contribution in [2.24, 2.45) is 0 Å². The number of benzene rings is 3. The fraction of sp³-hybridized carbons (Fsp3) is 0.263. The minimum Gasteiger partial charge on any atom is -0.0613 e. The lowest BCUT2D eigenvalue weighted by Gasteiger charge is -2.11. The number of rotatable bonds is 0. The smallest absolute Gasteiger partial charge is 0.0102 e. The first kappa shape index (κ1) is 11.0. The minimum atomic E-state index is 0.729. The van der Waals surface area contributed by atoms with Crippen LogP contribution in [0.15, 0.2) is 42.5 Å². The largest absolute Gasteiger partial charge is 0.0613 e. The molecule has 0 bridgehead atoms. The summed E-state index contributed by atoms with van der Waals surface area (Å²) in [6.07, 6.45) is 2.55. The van der Waals surface area contributed by atoms with Gasteiger partial charge in [-0.05, 0) is 63.9 Å². The number of fused-ring (bicyclic) bond motifs is 5. The maximum Gasteiger partial charge on any atom is -0.0102 e. The normalized spacial score (nSPS) is 18.1. The summed E-state index contributed by atoms with van der Waals surface area (Å²) in [7, 11) is 0. The zero-order chi connectivity index (χ0) is 13.0. The first-order valence-corrected chi connectivity index (χ1v) is 7.19. The molecule has 0 fully saturated rings. The van der Waals surface area contributed by atoms with Crippen LogP contribution >= 0.6 is 0 Å². The summed E-state index contributed by atoms with van der Waals surface area (Å²) in [5, 5.41) is 5.69. The second-order valence-corrected chi connectivity index (χ2v) is 5.90. The SMILES string of the molecule is Cc1cccc2c1ccc1c3c(ccc12)C(C)CC3. The lowest BCUT2D eigenvalue weighted by atomic mass is 9.93. The van der Waals surface area contributed by atoms with Crippen LogP contribution in [0.3, 0.4) is 0 Å². The van der Waals surface area contributed by atoms with Crippen molar-refractivity contribution in [2.45, 2.75) is 32.6 Å². The van der Waals surface area contributed by atoms with Crippen LogP contribution in [0.25, 0.3) is 21.5 Å². The van der Waals surface area contributed by atoms with Gasteiger partial charge in [-0.2, -0.15) is 0 Å². The third-order valence-electron chi connectivity index (χ3n) is 4.78. The Labute approximate surface area is 114 Å². The van der Waals surface area contributed by atoms with Crippen LogP contribution < -0.4 is 0 Å². The van der Waals surface area contributed by atoms with Crippen LogP contribution in [0.5, 0.6) is 0 Å². The van der Waals surface area contributed by atoms with Crippen LogP contribution in [0, 0.1) is 6.92 Å². The van der Waals surface area contributed by atoms with Crippen LogP contribution in [0.4, 0.5) is 0 Å². The molecule has 3 aromatic rings. The van der Waals surface area contributed by atoms with E-state index in [-0.39, 0.29) is 0 Å². The molecule has 1 aliphatic carbocycles. The van der Waals surface area contributed by atoms with Gasteiger partial charge in [-0.1, -0.05) is 49.4 Å². The molecule has 0 aromatic heterocycles. The average Bonchev–Trinajstić information content (AvgIpc) is 2.81. The Kier molecular flexibility index (Phi) is 2.23. The van der Waals surface area contributed by atoms with Gasteiger partial charge in [0.15, 0.2) is 0 Å². The van der Waals surface area contributed by atoms with E-state index in [1.54, 1.807) is 11.1 Å². The van der Waals surface area contributed by atoms with Gasteiger partial charge in [0.25, 0.3) is 0 Å². The molecule has 1 unspecified atom stereocenters. The van der Waals surface area contributed by atoms with Crippen molar-refractivity contribution in [1.82, 2.24) is 0 Å². The quantitative estimate of drug-likeness (QED) is 0.469. The van der Waals surface area contributed by atoms with Gasteiger partial charge in [0, 0.05) is 0 Å². The van der Waals surface area contributed by atoms with Gasteiger partial charge in [-0.15, -0.1) is 0 Å². The molecule has 0 saturated carbocycles. The van der Waals surface area contributed by atoms with E-state index < -0.39 is 0 Å². The second kappa shape index (κ2) is 3.84. The molecule has 0 aliphatic heterocycles. The zero-order valence-electron chi connectivity index (χ0n) is 11.5. The highest BCUT2D eigenvalue weighted by Gasteiger charge is 2.20. The molecule has 3 aromatic carbocycles. The molecule has 1 atom stereocenters. The maximum absolute atomic E-state index is 2.36.